The van der Waals surface area contributed by atoms with Crippen LogP contribution >= 0.6 is 23.2 Å². The molecule has 0 radical (unpaired) electrons. The van der Waals surface area contributed by atoms with Gasteiger partial charge in [0.1, 0.15) is 23.4 Å². The summed E-state index contributed by atoms with van der Waals surface area (Å²) in [6.45, 7) is 0.116. The topological polar surface area (TPSA) is 58.6 Å². The predicted octanol–water partition coefficient (Wildman–Crippen LogP) is 3.44. The maximum atomic E-state index is 12.9. The first-order chi connectivity index (χ1) is 12.5. The Hall–Kier alpha value is -2.56. The zero-order valence-electron chi connectivity index (χ0n) is 13.5. The maximum Gasteiger partial charge on any atom is 0.297 e. The van der Waals surface area contributed by atoms with Crippen molar-refractivity contribution in [1.29, 1.82) is 0 Å². The number of hydrogen-bond acceptors (Lipinski definition) is 4. The van der Waals surface area contributed by atoms with E-state index in [1.807, 2.05) is 36.4 Å². The Kier molecular flexibility index (Phi) is 5.45. The van der Waals surface area contributed by atoms with Crippen molar-refractivity contribution in [2.24, 2.45) is 0 Å². The van der Waals surface area contributed by atoms with Crippen LogP contribution in [0.25, 0.3) is 5.70 Å². The second-order valence-corrected chi connectivity index (χ2v) is 6.46. The highest BCUT2D eigenvalue weighted by Crippen LogP contribution is 2.35. The number of halogens is 2. The number of hydroxylamine groups is 2. The number of carbonyl (C=O) groups is 1. The summed E-state index contributed by atoms with van der Waals surface area (Å²) in [6, 6.07) is 18.3. The van der Waals surface area contributed by atoms with Crippen molar-refractivity contribution in [3.8, 4) is 0 Å². The van der Waals surface area contributed by atoms with Gasteiger partial charge < -0.3 is 5.32 Å². The van der Waals surface area contributed by atoms with E-state index in [0.717, 1.165) is 16.7 Å². The molecule has 0 saturated heterocycles. The second-order valence-electron chi connectivity index (χ2n) is 5.49. The quantitative estimate of drug-likeness (QED) is 0.484. The molecule has 1 atom stereocenters. The fraction of sp³-hybridized carbons (Fsp3) is 0.105. The summed E-state index contributed by atoms with van der Waals surface area (Å²) in [5, 5.41) is 3.73. The van der Waals surface area contributed by atoms with Gasteiger partial charge in [0.15, 0.2) is 0 Å². The summed E-state index contributed by atoms with van der Waals surface area (Å²) in [7, 11) is 0. The SMILES string of the molecule is O=C=CC1(Cl)NC(Cl)=C(c2ccccc2)N(OCc2ccccc2)C1=O. The maximum absolute atomic E-state index is 12.9. The molecule has 1 N–H and O–H groups in total. The fourth-order valence-corrected chi connectivity index (χ4v) is 3.07. The number of nitrogens with one attached hydrogen (secondary N) is 1. The molecule has 2 aromatic carbocycles. The molecule has 2 aromatic rings. The molecule has 7 heteroatoms. The average molecular weight is 389 g/mol. The molecule has 1 aliphatic rings. The lowest BCUT2D eigenvalue weighted by molar-refractivity contribution is -0.174. The standard InChI is InChI=1S/C19H14Cl2N2O3/c20-17-16(15-9-5-2-6-10-15)23(18(25)19(21,22-17)11-12-24)26-13-14-7-3-1-4-8-14/h1-11,22H,13H2. The molecule has 0 aliphatic carbocycles. The zero-order valence-corrected chi connectivity index (χ0v) is 15.0. The summed E-state index contributed by atoms with van der Waals surface area (Å²) < 4.78 is 0. The van der Waals surface area contributed by atoms with E-state index in [9.17, 15) is 9.59 Å². The van der Waals surface area contributed by atoms with Gasteiger partial charge in [-0.25, -0.2) is 4.79 Å². The second kappa shape index (κ2) is 7.77. The zero-order chi connectivity index (χ0) is 18.6. The highest BCUT2D eigenvalue weighted by molar-refractivity contribution is 6.41. The third-order valence-electron chi connectivity index (χ3n) is 3.71. The van der Waals surface area contributed by atoms with Crippen molar-refractivity contribution in [3.63, 3.8) is 0 Å². The molecule has 1 unspecified atom stereocenters. The Balaban J connectivity index is 2.00. The average Bonchev–Trinajstić information content (AvgIpc) is 2.65. The number of rotatable bonds is 5. The third kappa shape index (κ3) is 3.66. The normalized spacial score (nSPS) is 19.8. The van der Waals surface area contributed by atoms with Crippen molar-refractivity contribution < 1.29 is 14.4 Å². The van der Waals surface area contributed by atoms with E-state index < -0.39 is 10.9 Å². The Bertz CT molecular complexity index is 880. The van der Waals surface area contributed by atoms with E-state index >= 15 is 0 Å². The summed E-state index contributed by atoms with van der Waals surface area (Å²) in [5.74, 6) is 0.831. The minimum absolute atomic E-state index is 0.0744. The highest BCUT2D eigenvalue weighted by Gasteiger charge is 2.46. The van der Waals surface area contributed by atoms with Gasteiger partial charge in [-0.1, -0.05) is 83.9 Å². The first kappa shape index (κ1) is 18.2. The molecule has 0 bridgehead atoms. The Morgan fingerprint density at radius 3 is 2.35 bits per heavy atom. The van der Waals surface area contributed by atoms with Crippen molar-refractivity contribution in [1.82, 2.24) is 10.4 Å². The van der Waals surface area contributed by atoms with Crippen LogP contribution in [0.4, 0.5) is 0 Å². The van der Waals surface area contributed by atoms with Gasteiger partial charge in [0.2, 0.25) is 5.00 Å². The summed E-state index contributed by atoms with van der Waals surface area (Å²) in [4.78, 5) is 27.5. The number of alkyl halides is 1. The molecule has 3 rings (SSSR count). The number of amides is 1. The molecule has 0 aromatic heterocycles. The van der Waals surface area contributed by atoms with E-state index in [1.54, 1.807) is 24.3 Å². The van der Waals surface area contributed by atoms with Crippen LogP contribution in [-0.2, 0) is 21.0 Å². The minimum Gasteiger partial charge on any atom is -0.344 e. The van der Waals surface area contributed by atoms with E-state index in [0.29, 0.717) is 11.3 Å². The van der Waals surface area contributed by atoms with Crippen LogP contribution in [-0.4, -0.2) is 21.9 Å². The predicted molar refractivity (Wildman–Crippen MR) is 99.3 cm³/mol. The molecule has 1 amide bonds. The van der Waals surface area contributed by atoms with Gasteiger partial charge in [0, 0.05) is 5.56 Å². The number of nitrogens with zero attached hydrogens (tertiary/aromatic N) is 1. The van der Waals surface area contributed by atoms with Crippen LogP contribution in [0.15, 0.2) is 71.9 Å². The molecular formula is C19H14Cl2N2O3. The van der Waals surface area contributed by atoms with Gasteiger partial charge >= 0.3 is 0 Å². The number of hydrogen-bond donors (Lipinski definition) is 1. The molecule has 0 saturated carbocycles. The van der Waals surface area contributed by atoms with Crippen molar-refractivity contribution >= 4 is 40.7 Å². The van der Waals surface area contributed by atoms with Gasteiger partial charge in [-0.05, 0) is 5.56 Å². The van der Waals surface area contributed by atoms with Crippen LogP contribution in [0, 0.1) is 0 Å². The largest absolute Gasteiger partial charge is 0.344 e. The van der Waals surface area contributed by atoms with Crippen LogP contribution in [0.5, 0.6) is 0 Å². The Labute approximate surface area is 160 Å². The smallest absolute Gasteiger partial charge is 0.297 e. The molecule has 5 nitrogen and oxygen atoms in total. The Morgan fingerprint density at radius 2 is 1.73 bits per heavy atom. The van der Waals surface area contributed by atoms with Crippen LogP contribution in [0.1, 0.15) is 11.1 Å². The molecule has 0 fully saturated rings. The Morgan fingerprint density at radius 1 is 1.12 bits per heavy atom. The van der Waals surface area contributed by atoms with Gasteiger partial charge in [-0.3, -0.25) is 9.63 Å². The van der Waals surface area contributed by atoms with E-state index in [2.05, 4.69) is 5.32 Å². The number of benzene rings is 2. The lowest BCUT2D eigenvalue weighted by atomic mass is 10.1. The number of carbonyl (C=O) groups excluding carboxylic acids is 2. The van der Waals surface area contributed by atoms with Gasteiger partial charge in [-0.2, -0.15) is 5.06 Å². The van der Waals surface area contributed by atoms with E-state index in [-0.39, 0.29) is 11.8 Å². The van der Waals surface area contributed by atoms with E-state index in [4.69, 9.17) is 28.0 Å². The first-order valence-electron chi connectivity index (χ1n) is 7.71. The van der Waals surface area contributed by atoms with Gasteiger partial charge in [0.25, 0.3) is 5.91 Å². The van der Waals surface area contributed by atoms with Gasteiger partial charge in [0.05, 0.1) is 6.08 Å². The monoisotopic (exact) mass is 388 g/mol. The molecule has 1 aliphatic heterocycles. The molecule has 0 spiro atoms. The third-order valence-corrected chi connectivity index (χ3v) is 4.35. The lowest BCUT2D eigenvalue weighted by Gasteiger charge is -2.37. The van der Waals surface area contributed by atoms with E-state index in [1.165, 1.54) is 5.94 Å². The fourth-order valence-electron chi connectivity index (χ4n) is 2.47. The summed E-state index contributed by atoms with van der Waals surface area (Å²) >= 11 is 12.6. The van der Waals surface area contributed by atoms with Crippen molar-refractivity contribution in [2.45, 2.75) is 11.6 Å². The van der Waals surface area contributed by atoms with Crippen LogP contribution < -0.4 is 5.32 Å². The molecule has 26 heavy (non-hydrogen) atoms. The summed E-state index contributed by atoms with van der Waals surface area (Å²) in [5.41, 5.74) is 1.82. The lowest BCUT2D eigenvalue weighted by Crippen LogP contribution is -2.56. The van der Waals surface area contributed by atoms with Gasteiger partial charge in [-0.15, -0.1) is 0 Å². The van der Waals surface area contributed by atoms with Crippen LogP contribution in [0.2, 0.25) is 0 Å². The summed E-state index contributed by atoms with van der Waals surface area (Å²) in [6.07, 6.45) is 0.861. The molecule has 132 valence electrons. The van der Waals surface area contributed by atoms with Crippen molar-refractivity contribution in [2.75, 3.05) is 0 Å². The minimum atomic E-state index is -1.87. The highest BCUT2D eigenvalue weighted by atomic mass is 35.5. The first-order valence-corrected chi connectivity index (χ1v) is 8.46. The van der Waals surface area contributed by atoms with Crippen LogP contribution in [0.3, 0.4) is 0 Å². The molecule has 1 heterocycles. The van der Waals surface area contributed by atoms with Crippen molar-refractivity contribution in [3.05, 3.63) is 83.0 Å². The molecular weight excluding hydrogens is 375 g/mol.